The van der Waals surface area contributed by atoms with Gasteiger partial charge in [0.05, 0.1) is 7.18 Å². The third-order valence-electron chi connectivity index (χ3n) is 1.17. The zero-order valence-corrected chi connectivity index (χ0v) is 7.78. The Hall–Kier alpha value is -0.660. The second-order valence-corrected chi connectivity index (χ2v) is 1.96. The molecule has 0 heterocycles. The summed E-state index contributed by atoms with van der Waals surface area (Å²) in [6.07, 6.45) is 3.45. The third-order valence-corrected chi connectivity index (χ3v) is 1.17. The third kappa shape index (κ3) is 7.23. The van der Waals surface area contributed by atoms with Crippen LogP contribution in [0.3, 0.4) is 0 Å². The van der Waals surface area contributed by atoms with Gasteiger partial charge in [0.1, 0.15) is 0 Å². The smallest absolute Gasteiger partial charge is 0.155 e. The van der Waals surface area contributed by atoms with Gasteiger partial charge in [0.15, 0.2) is 5.78 Å². The number of carbonyl (C=O) groups is 1. The first-order valence-corrected chi connectivity index (χ1v) is 3.87. The molecule has 0 fully saturated rings. The van der Waals surface area contributed by atoms with Gasteiger partial charge in [-0.15, -0.1) is 0 Å². The van der Waals surface area contributed by atoms with Crippen molar-refractivity contribution < 1.29 is 9.18 Å². The van der Waals surface area contributed by atoms with E-state index in [-0.39, 0.29) is 5.78 Å². The van der Waals surface area contributed by atoms with Crippen molar-refractivity contribution in [2.75, 3.05) is 7.18 Å². The molecule has 1 aliphatic rings. The van der Waals surface area contributed by atoms with Crippen LogP contribution in [0.15, 0.2) is 11.6 Å². The molecule has 0 N–H and O–H groups in total. The molecule has 0 saturated carbocycles. The van der Waals surface area contributed by atoms with Gasteiger partial charge in [-0.25, -0.2) is 0 Å². The Bertz CT molecular complexity index is 128. The topological polar surface area (TPSA) is 17.1 Å². The zero-order chi connectivity index (χ0) is 9.28. The van der Waals surface area contributed by atoms with Crippen LogP contribution in [0.4, 0.5) is 4.39 Å². The summed E-state index contributed by atoms with van der Waals surface area (Å²) in [5, 5.41) is 0. The number of hydrogen-bond donors (Lipinski definition) is 0. The van der Waals surface area contributed by atoms with Crippen LogP contribution in [0, 0.1) is 0 Å². The lowest BCUT2D eigenvalue weighted by Crippen LogP contribution is -1.80. The second-order valence-electron chi connectivity index (χ2n) is 1.96. The monoisotopic (exact) mass is 160 g/mol. The van der Waals surface area contributed by atoms with Crippen LogP contribution in [-0.4, -0.2) is 13.0 Å². The summed E-state index contributed by atoms with van der Waals surface area (Å²) in [6.45, 7) is 5.99. The predicted molar refractivity (Wildman–Crippen MR) is 46.4 cm³/mol. The van der Waals surface area contributed by atoms with Crippen LogP contribution in [0.25, 0.3) is 0 Å². The van der Waals surface area contributed by atoms with Crippen molar-refractivity contribution in [2.24, 2.45) is 0 Å². The Kier molecular flexibility index (Phi) is 11.0. The number of carbonyl (C=O) groups excluding carboxylic acids is 1. The highest BCUT2D eigenvalue weighted by atomic mass is 19.1. The molecule has 0 unspecified atom stereocenters. The van der Waals surface area contributed by atoms with Gasteiger partial charge in [-0.1, -0.05) is 19.4 Å². The number of hydrogen-bond acceptors (Lipinski definition) is 1. The summed E-state index contributed by atoms with van der Waals surface area (Å²) in [5.41, 5.74) is 1.23. The Labute approximate surface area is 68.3 Å². The van der Waals surface area contributed by atoms with Crippen LogP contribution >= 0.6 is 0 Å². The fraction of sp³-hybridized carbons (Fsp3) is 0.667. The highest BCUT2D eigenvalue weighted by Gasteiger charge is 2.05. The van der Waals surface area contributed by atoms with Crippen molar-refractivity contribution in [3.8, 4) is 0 Å². The van der Waals surface area contributed by atoms with E-state index in [4.69, 9.17) is 0 Å². The molecule has 0 atom stereocenters. The molecule has 0 bridgehead atoms. The number of rotatable bonds is 0. The van der Waals surface area contributed by atoms with E-state index >= 15 is 0 Å². The molecule has 0 amide bonds. The molecular weight excluding hydrogens is 143 g/mol. The fourth-order valence-corrected chi connectivity index (χ4v) is 0.740. The van der Waals surface area contributed by atoms with Crippen molar-refractivity contribution in [3.63, 3.8) is 0 Å². The number of allylic oxidation sites excluding steroid dienone is 2. The van der Waals surface area contributed by atoms with Gasteiger partial charge in [0.2, 0.25) is 0 Å². The van der Waals surface area contributed by atoms with Crippen LogP contribution < -0.4 is 0 Å². The highest BCUT2D eigenvalue weighted by Crippen LogP contribution is 2.12. The maximum atomic E-state index is 10.4. The first kappa shape index (κ1) is 13.0. The number of halogens is 1. The van der Waals surface area contributed by atoms with Crippen molar-refractivity contribution in [1.29, 1.82) is 0 Å². The molecule has 2 heteroatoms. The van der Waals surface area contributed by atoms with Crippen LogP contribution in [0.2, 0.25) is 0 Å². The van der Waals surface area contributed by atoms with E-state index in [1.165, 1.54) is 5.57 Å². The zero-order valence-electron chi connectivity index (χ0n) is 7.78. The minimum atomic E-state index is 0.289. The van der Waals surface area contributed by atoms with E-state index in [1.807, 2.05) is 20.8 Å². The molecule has 0 saturated heterocycles. The minimum Gasteiger partial charge on any atom is -0.295 e. The van der Waals surface area contributed by atoms with E-state index in [0.29, 0.717) is 7.18 Å². The van der Waals surface area contributed by atoms with Crippen molar-refractivity contribution in [3.05, 3.63) is 11.6 Å². The normalized spacial score (nSPS) is 13.9. The summed E-state index contributed by atoms with van der Waals surface area (Å²) in [6, 6.07) is 0. The van der Waals surface area contributed by atoms with Gasteiger partial charge >= 0.3 is 0 Å². The molecule has 0 aromatic carbocycles. The maximum absolute atomic E-state index is 10.4. The molecule has 0 aromatic heterocycles. The summed E-state index contributed by atoms with van der Waals surface area (Å²) in [7, 11) is 0.500. The van der Waals surface area contributed by atoms with Crippen LogP contribution in [-0.2, 0) is 4.79 Å². The van der Waals surface area contributed by atoms with Gasteiger partial charge in [-0.3, -0.25) is 9.18 Å². The average Bonchev–Trinajstić information content (AvgIpc) is 2.43. The summed E-state index contributed by atoms with van der Waals surface area (Å²) >= 11 is 0. The fourth-order valence-electron chi connectivity index (χ4n) is 0.740. The lowest BCUT2D eigenvalue weighted by molar-refractivity contribution is -0.114. The first-order valence-electron chi connectivity index (χ1n) is 3.87. The molecule has 0 aliphatic heterocycles. The molecule has 0 aromatic rings. The van der Waals surface area contributed by atoms with Gasteiger partial charge < -0.3 is 0 Å². The average molecular weight is 160 g/mol. The Balaban J connectivity index is 0. The van der Waals surface area contributed by atoms with Crippen LogP contribution in [0.5, 0.6) is 0 Å². The highest BCUT2D eigenvalue weighted by molar-refractivity contribution is 5.92. The summed E-state index contributed by atoms with van der Waals surface area (Å²) in [5.74, 6) is 0.289. The predicted octanol–water partition coefficient (Wildman–Crippen LogP) is 2.91. The van der Waals surface area contributed by atoms with E-state index in [2.05, 4.69) is 0 Å². The maximum Gasteiger partial charge on any atom is 0.155 e. The molecular formula is C9H17FO. The van der Waals surface area contributed by atoms with Crippen molar-refractivity contribution in [2.45, 2.75) is 33.6 Å². The lowest BCUT2D eigenvalue weighted by Gasteiger charge is -1.78. The van der Waals surface area contributed by atoms with Gasteiger partial charge in [-0.05, 0) is 19.4 Å². The minimum absolute atomic E-state index is 0.289. The van der Waals surface area contributed by atoms with E-state index in [0.717, 1.165) is 12.8 Å². The van der Waals surface area contributed by atoms with Crippen molar-refractivity contribution in [1.82, 2.24) is 0 Å². The van der Waals surface area contributed by atoms with E-state index in [9.17, 15) is 9.18 Å². The van der Waals surface area contributed by atoms with Crippen LogP contribution in [0.1, 0.15) is 33.6 Å². The summed E-state index contributed by atoms with van der Waals surface area (Å²) < 4.78 is 9.50. The molecule has 66 valence electrons. The number of ketones is 1. The van der Waals surface area contributed by atoms with Gasteiger partial charge in [0, 0.05) is 6.42 Å². The van der Waals surface area contributed by atoms with Gasteiger partial charge in [-0.2, -0.15) is 0 Å². The largest absolute Gasteiger partial charge is 0.295 e. The Morgan fingerprint density at radius 3 is 1.82 bits per heavy atom. The molecule has 1 aliphatic carbocycles. The standard InChI is InChI=1S/C6H8O.C2H6.CH3F/c1-5-2-3-6(7)4-5;2*1-2/h4H,2-3H2,1H3;1-2H3;1H3. The Morgan fingerprint density at radius 1 is 1.27 bits per heavy atom. The lowest BCUT2D eigenvalue weighted by atomic mass is 10.3. The molecule has 1 rings (SSSR count). The quantitative estimate of drug-likeness (QED) is 0.532. The SMILES string of the molecule is CC.CC1=CC(=O)CC1.CF. The van der Waals surface area contributed by atoms with E-state index in [1.54, 1.807) is 6.08 Å². The van der Waals surface area contributed by atoms with Gasteiger partial charge in [0.25, 0.3) is 0 Å². The summed E-state index contributed by atoms with van der Waals surface area (Å²) in [4.78, 5) is 10.4. The molecule has 1 nitrogen and oxygen atoms in total. The first-order chi connectivity index (χ1) is 5.29. The second kappa shape index (κ2) is 9.34. The Morgan fingerprint density at radius 2 is 1.73 bits per heavy atom. The molecule has 11 heavy (non-hydrogen) atoms. The number of alkyl halides is 1. The van der Waals surface area contributed by atoms with E-state index < -0.39 is 0 Å². The van der Waals surface area contributed by atoms with Crippen molar-refractivity contribution >= 4 is 5.78 Å². The molecule has 0 spiro atoms. The molecule has 0 radical (unpaired) electrons.